The van der Waals surface area contributed by atoms with Gasteiger partial charge in [0, 0.05) is 18.4 Å². The summed E-state index contributed by atoms with van der Waals surface area (Å²) in [5.74, 6) is -0.867. The maximum absolute atomic E-state index is 12.8. The van der Waals surface area contributed by atoms with E-state index in [1.54, 1.807) is 7.05 Å². The lowest BCUT2D eigenvalue weighted by molar-refractivity contribution is -0.137. The number of alkyl halides is 3. The van der Waals surface area contributed by atoms with Crippen molar-refractivity contribution in [3.8, 4) is 0 Å². The first-order valence-corrected chi connectivity index (χ1v) is 8.89. The van der Waals surface area contributed by atoms with E-state index in [0.29, 0.717) is 4.90 Å². The van der Waals surface area contributed by atoms with Crippen molar-refractivity contribution in [1.29, 1.82) is 0 Å². The fourth-order valence-electron chi connectivity index (χ4n) is 2.58. The fraction of sp³-hybridized carbons (Fsp3) is 0.222. The van der Waals surface area contributed by atoms with Gasteiger partial charge in [-0.3, -0.25) is 20.0 Å². The van der Waals surface area contributed by atoms with Gasteiger partial charge in [-0.2, -0.15) is 13.2 Å². The van der Waals surface area contributed by atoms with E-state index in [4.69, 9.17) is 0 Å². The molecule has 0 bridgehead atoms. The van der Waals surface area contributed by atoms with Crippen LogP contribution in [0.3, 0.4) is 0 Å². The maximum atomic E-state index is 12.8. The molecule has 2 amide bonds. The Morgan fingerprint density at radius 2 is 1.93 bits per heavy atom. The Morgan fingerprint density at radius 3 is 2.59 bits per heavy atom. The van der Waals surface area contributed by atoms with E-state index in [0.717, 1.165) is 29.6 Å². The monoisotopic (exact) mass is 395 g/mol. The van der Waals surface area contributed by atoms with Crippen molar-refractivity contribution in [2.75, 3.05) is 17.4 Å². The average molecular weight is 395 g/mol. The van der Waals surface area contributed by atoms with Gasteiger partial charge in [0.15, 0.2) is 0 Å². The van der Waals surface area contributed by atoms with Gasteiger partial charge in [-0.25, -0.2) is 0 Å². The zero-order valence-corrected chi connectivity index (χ0v) is 15.0. The summed E-state index contributed by atoms with van der Waals surface area (Å²) in [6.07, 6.45) is -4.59. The van der Waals surface area contributed by atoms with Crippen molar-refractivity contribution in [3.63, 3.8) is 0 Å². The second kappa shape index (κ2) is 7.51. The van der Waals surface area contributed by atoms with Crippen LogP contribution in [0.2, 0.25) is 0 Å². The molecule has 27 heavy (non-hydrogen) atoms. The summed E-state index contributed by atoms with van der Waals surface area (Å²) in [6, 6.07) is 12.3. The summed E-state index contributed by atoms with van der Waals surface area (Å²) in [5.41, 5.74) is 2.72. The summed E-state index contributed by atoms with van der Waals surface area (Å²) in [6.45, 7) is 0. The number of fused-ring (bicyclic) bond motifs is 1. The first-order chi connectivity index (χ1) is 12.7. The SMILES string of the molecule is CN(NC(=O)C[C@H]1Sc2ccc(C(F)(F)F)cc2NC1=O)c1ccccc1. The van der Waals surface area contributed by atoms with Crippen LogP contribution in [-0.4, -0.2) is 24.1 Å². The van der Waals surface area contributed by atoms with E-state index in [1.165, 1.54) is 11.1 Å². The van der Waals surface area contributed by atoms with E-state index in [1.807, 2.05) is 30.3 Å². The van der Waals surface area contributed by atoms with E-state index in [2.05, 4.69) is 10.7 Å². The molecule has 9 heteroatoms. The third-order valence-electron chi connectivity index (χ3n) is 3.93. The van der Waals surface area contributed by atoms with E-state index in [9.17, 15) is 22.8 Å². The van der Waals surface area contributed by atoms with Crippen molar-refractivity contribution in [2.24, 2.45) is 0 Å². The summed E-state index contributed by atoms with van der Waals surface area (Å²) in [5, 5.41) is 3.27. The van der Waals surface area contributed by atoms with Gasteiger partial charge in [-0.05, 0) is 30.3 Å². The largest absolute Gasteiger partial charge is 0.416 e. The number of para-hydroxylation sites is 1. The van der Waals surface area contributed by atoms with Crippen molar-refractivity contribution in [1.82, 2.24) is 5.43 Å². The van der Waals surface area contributed by atoms with Crippen molar-refractivity contribution >= 4 is 35.0 Å². The topological polar surface area (TPSA) is 61.4 Å². The highest BCUT2D eigenvalue weighted by atomic mass is 32.2. The molecule has 1 aliphatic heterocycles. The molecule has 0 saturated carbocycles. The zero-order valence-electron chi connectivity index (χ0n) is 14.2. The second-order valence-electron chi connectivity index (χ2n) is 5.94. The Bertz CT molecular complexity index is 859. The molecular weight excluding hydrogens is 379 g/mol. The molecule has 2 aromatic carbocycles. The summed E-state index contributed by atoms with van der Waals surface area (Å²) < 4.78 is 38.4. The third kappa shape index (κ3) is 4.54. The van der Waals surface area contributed by atoms with Crippen LogP contribution < -0.4 is 15.8 Å². The van der Waals surface area contributed by atoms with Crippen LogP contribution in [0, 0.1) is 0 Å². The van der Waals surface area contributed by atoms with Crippen LogP contribution in [-0.2, 0) is 15.8 Å². The average Bonchev–Trinajstić information content (AvgIpc) is 2.61. The minimum atomic E-state index is -4.48. The number of thioether (sulfide) groups is 1. The van der Waals surface area contributed by atoms with Gasteiger partial charge in [0.1, 0.15) is 0 Å². The van der Waals surface area contributed by atoms with E-state index < -0.39 is 22.9 Å². The molecule has 0 aromatic heterocycles. The van der Waals surface area contributed by atoms with E-state index in [-0.39, 0.29) is 18.0 Å². The first-order valence-electron chi connectivity index (χ1n) is 8.01. The van der Waals surface area contributed by atoms with Crippen LogP contribution in [0.5, 0.6) is 0 Å². The number of carbonyl (C=O) groups is 2. The molecule has 0 saturated heterocycles. The van der Waals surface area contributed by atoms with Gasteiger partial charge in [0.2, 0.25) is 11.8 Å². The number of rotatable bonds is 4. The van der Waals surface area contributed by atoms with E-state index >= 15 is 0 Å². The first kappa shape index (κ1) is 19.1. The van der Waals surface area contributed by atoms with Crippen molar-refractivity contribution in [3.05, 3.63) is 54.1 Å². The Labute approximate surface area is 157 Å². The molecular formula is C18H16F3N3O2S. The molecule has 0 fully saturated rings. The summed E-state index contributed by atoms with van der Waals surface area (Å²) in [4.78, 5) is 24.9. The lowest BCUT2D eigenvalue weighted by Gasteiger charge is -2.26. The predicted octanol–water partition coefficient (Wildman–Crippen LogP) is 3.68. The lowest BCUT2D eigenvalue weighted by atomic mass is 10.1. The van der Waals surface area contributed by atoms with Gasteiger partial charge in [-0.15, -0.1) is 11.8 Å². The molecule has 0 spiro atoms. The smallest absolute Gasteiger partial charge is 0.324 e. The molecule has 142 valence electrons. The Balaban J connectivity index is 1.65. The quantitative estimate of drug-likeness (QED) is 0.776. The molecule has 1 aliphatic rings. The predicted molar refractivity (Wildman–Crippen MR) is 97.3 cm³/mol. The van der Waals surface area contributed by atoms with Crippen LogP contribution >= 0.6 is 11.8 Å². The van der Waals surface area contributed by atoms with Crippen LogP contribution in [0.15, 0.2) is 53.4 Å². The van der Waals surface area contributed by atoms with Gasteiger partial charge < -0.3 is 5.32 Å². The second-order valence-corrected chi connectivity index (χ2v) is 7.18. The maximum Gasteiger partial charge on any atom is 0.416 e. The third-order valence-corrected chi connectivity index (χ3v) is 5.21. The van der Waals surface area contributed by atoms with Gasteiger partial charge in [-0.1, -0.05) is 18.2 Å². The van der Waals surface area contributed by atoms with Crippen molar-refractivity contribution in [2.45, 2.75) is 22.7 Å². The molecule has 1 atom stereocenters. The molecule has 0 radical (unpaired) electrons. The summed E-state index contributed by atoms with van der Waals surface area (Å²) >= 11 is 1.08. The van der Waals surface area contributed by atoms with Gasteiger partial charge in [0.05, 0.1) is 22.2 Å². The Morgan fingerprint density at radius 1 is 1.22 bits per heavy atom. The molecule has 0 aliphatic carbocycles. The highest BCUT2D eigenvalue weighted by Gasteiger charge is 2.34. The normalized spacial score (nSPS) is 16.3. The van der Waals surface area contributed by atoms with Gasteiger partial charge >= 0.3 is 6.18 Å². The standard InChI is InChI=1S/C18H16F3N3O2S/c1-24(12-5-3-2-4-6-12)23-16(25)10-15-17(26)22-13-9-11(18(19,20)21)7-8-14(13)27-15/h2-9,15H,10H2,1H3,(H,22,26)(H,23,25)/t15-/m1/s1. The zero-order chi connectivity index (χ0) is 19.6. The molecule has 3 rings (SSSR count). The van der Waals surface area contributed by atoms with Crippen molar-refractivity contribution < 1.29 is 22.8 Å². The number of hydrogen-bond donors (Lipinski definition) is 2. The minimum absolute atomic E-state index is 0.103. The van der Waals surface area contributed by atoms with Crippen LogP contribution in [0.4, 0.5) is 24.5 Å². The van der Waals surface area contributed by atoms with Crippen LogP contribution in [0.25, 0.3) is 0 Å². The number of hydrazine groups is 1. The number of carbonyl (C=O) groups excluding carboxylic acids is 2. The molecule has 2 N–H and O–H groups in total. The fourth-order valence-corrected chi connectivity index (χ4v) is 3.67. The highest BCUT2D eigenvalue weighted by Crippen LogP contribution is 2.40. The van der Waals surface area contributed by atoms with Gasteiger partial charge in [0.25, 0.3) is 0 Å². The highest BCUT2D eigenvalue weighted by molar-refractivity contribution is 8.01. The molecule has 0 unspecified atom stereocenters. The molecule has 1 heterocycles. The number of anilines is 2. The summed E-state index contributed by atoms with van der Waals surface area (Å²) in [7, 11) is 1.68. The Kier molecular flexibility index (Phi) is 5.31. The minimum Gasteiger partial charge on any atom is -0.324 e. The lowest BCUT2D eigenvalue weighted by Crippen LogP contribution is -2.42. The number of halogens is 3. The number of hydrogen-bond acceptors (Lipinski definition) is 4. The molecule has 5 nitrogen and oxygen atoms in total. The number of nitrogens with zero attached hydrogens (tertiary/aromatic N) is 1. The number of benzene rings is 2. The molecule has 2 aromatic rings. The number of amides is 2. The Hall–Kier alpha value is -2.68. The van der Waals surface area contributed by atoms with Crippen LogP contribution in [0.1, 0.15) is 12.0 Å². The number of nitrogens with one attached hydrogen (secondary N) is 2.